The number of hydrogen-bond acceptors (Lipinski definition) is 8. The van der Waals surface area contributed by atoms with Crippen molar-refractivity contribution >= 4 is 18.1 Å². The molecular weight excluding hydrogens is 438 g/mol. The van der Waals surface area contributed by atoms with E-state index in [2.05, 4.69) is 5.16 Å². The molecule has 1 amide bonds. The van der Waals surface area contributed by atoms with Crippen LogP contribution in [0.25, 0.3) is 0 Å². The van der Waals surface area contributed by atoms with Gasteiger partial charge in [0.15, 0.2) is 0 Å². The van der Waals surface area contributed by atoms with Crippen LogP contribution in [0.2, 0.25) is 0 Å². The van der Waals surface area contributed by atoms with Gasteiger partial charge in [-0.25, -0.2) is 4.79 Å². The summed E-state index contributed by atoms with van der Waals surface area (Å²) in [5.74, 6) is -1.15. The number of carbonyl (C=O) groups excluding carboxylic acids is 2. The lowest BCUT2D eigenvalue weighted by molar-refractivity contribution is -0.118. The number of piperidine rings is 1. The number of amides is 1. The molecule has 186 valence electrons. The first-order valence-electron chi connectivity index (χ1n) is 11.6. The summed E-state index contributed by atoms with van der Waals surface area (Å²) in [6, 6.07) is 2.36. The highest BCUT2D eigenvalue weighted by Gasteiger charge is 2.20. The van der Waals surface area contributed by atoms with E-state index in [1.54, 1.807) is 13.0 Å². The van der Waals surface area contributed by atoms with Gasteiger partial charge in [-0.05, 0) is 56.7 Å². The predicted octanol–water partition coefficient (Wildman–Crippen LogP) is 3.05. The molecule has 0 radical (unpaired) electrons. The number of nitrogens with zero attached hydrogens (tertiary/aromatic N) is 2. The van der Waals surface area contributed by atoms with E-state index in [-0.39, 0.29) is 36.1 Å². The van der Waals surface area contributed by atoms with Crippen LogP contribution in [0.1, 0.15) is 54.9 Å². The molecule has 0 aliphatic carbocycles. The summed E-state index contributed by atoms with van der Waals surface area (Å²) in [5, 5.41) is 24.0. The Morgan fingerprint density at radius 2 is 2.00 bits per heavy atom. The minimum Gasteiger partial charge on any atom is -0.508 e. The first kappa shape index (κ1) is 26.9. The SMILES string of the molecule is CCO/N=C1/C=C/CC(N)/C=C/CCOC(=O)c2c(O)cc(O)cc2C1.O=CN1CCCCC1. The maximum Gasteiger partial charge on any atom is 0.342 e. The highest BCUT2D eigenvalue weighted by atomic mass is 16.6. The molecule has 4 N–H and O–H groups in total. The largest absolute Gasteiger partial charge is 0.508 e. The first-order valence-corrected chi connectivity index (χ1v) is 11.6. The molecule has 2 aliphatic rings. The lowest BCUT2D eigenvalue weighted by atomic mass is 9.99. The lowest BCUT2D eigenvalue weighted by Crippen LogP contribution is -2.27. The molecule has 1 aromatic carbocycles. The van der Waals surface area contributed by atoms with E-state index >= 15 is 0 Å². The molecule has 1 fully saturated rings. The number of ether oxygens (including phenoxy) is 1. The number of fused-ring (bicyclic) bond motifs is 1. The number of phenols is 2. The molecule has 34 heavy (non-hydrogen) atoms. The van der Waals surface area contributed by atoms with Gasteiger partial charge in [-0.3, -0.25) is 4.79 Å². The number of phenolic OH excluding ortho intramolecular Hbond substituents is 2. The summed E-state index contributed by atoms with van der Waals surface area (Å²) in [6.07, 6.45) is 13.3. The fourth-order valence-electron chi connectivity index (χ4n) is 3.53. The van der Waals surface area contributed by atoms with E-state index in [1.165, 1.54) is 25.3 Å². The highest BCUT2D eigenvalue weighted by molar-refractivity contribution is 6.00. The third-order valence-electron chi connectivity index (χ3n) is 5.23. The van der Waals surface area contributed by atoms with Gasteiger partial charge in [0, 0.05) is 31.6 Å². The fraction of sp³-hybridized carbons (Fsp3) is 0.480. The molecule has 9 nitrogen and oxygen atoms in total. The van der Waals surface area contributed by atoms with Crippen LogP contribution in [0.5, 0.6) is 11.5 Å². The Kier molecular flexibility index (Phi) is 11.7. The fourth-order valence-corrected chi connectivity index (χ4v) is 3.53. The van der Waals surface area contributed by atoms with Crippen LogP contribution in [0, 0.1) is 0 Å². The molecular formula is C25H35N3O6. The van der Waals surface area contributed by atoms with Gasteiger partial charge in [0.25, 0.3) is 0 Å². The molecule has 2 aliphatic heterocycles. The van der Waals surface area contributed by atoms with Crippen molar-refractivity contribution in [1.82, 2.24) is 4.90 Å². The monoisotopic (exact) mass is 473 g/mol. The number of esters is 1. The molecule has 3 rings (SSSR count). The second kappa shape index (κ2) is 14.7. The van der Waals surface area contributed by atoms with Crippen molar-refractivity contribution in [3.8, 4) is 11.5 Å². The van der Waals surface area contributed by atoms with Crippen molar-refractivity contribution in [2.24, 2.45) is 10.9 Å². The molecule has 2 heterocycles. The Bertz CT molecular complexity index is 891. The van der Waals surface area contributed by atoms with Crippen LogP contribution in [0.4, 0.5) is 0 Å². The summed E-state index contributed by atoms with van der Waals surface area (Å²) >= 11 is 0. The van der Waals surface area contributed by atoms with E-state index in [1.807, 2.05) is 23.1 Å². The zero-order chi connectivity index (χ0) is 24.8. The normalized spacial score (nSPS) is 22.3. The molecule has 0 spiro atoms. The van der Waals surface area contributed by atoms with E-state index in [9.17, 15) is 19.8 Å². The molecule has 1 unspecified atom stereocenters. The molecule has 0 saturated carbocycles. The van der Waals surface area contributed by atoms with Crippen LogP contribution < -0.4 is 5.73 Å². The van der Waals surface area contributed by atoms with Gasteiger partial charge >= 0.3 is 5.97 Å². The van der Waals surface area contributed by atoms with Crippen LogP contribution >= 0.6 is 0 Å². The number of oxime groups is 1. The summed E-state index contributed by atoms with van der Waals surface area (Å²) in [7, 11) is 0. The van der Waals surface area contributed by atoms with E-state index in [0.29, 0.717) is 30.7 Å². The second-order valence-electron chi connectivity index (χ2n) is 8.03. The Morgan fingerprint density at radius 1 is 1.24 bits per heavy atom. The average Bonchev–Trinajstić information content (AvgIpc) is 2.82. The third kappa shape index (κ3) is 9.27. The van der Waals surface area contributed by atoms with E-state index < -0.39 is 5.97 Å². The smallest absolute Gasteiger partial charge is 0.342 e. The number of aromatic hydroxyl groups is 2. The average molecular weight is 474 g/mol. The van der Waals surface area contributed by atoms with Gasteiger partial charge in [0.05, 0.1) is 12.3 Å². The quantitative estimate of drug-likeness (QED) is 0.266. The summed E-state index contributed by atoms with van der Waals surface area (Å²) in [5.41, 5.74) is 6.93. The molecule has 1 aromatic rings. The van der Waals surface area contributed by atoms with Crippen molar-refractivity contribution in [3.63, 3.8) is 0 Å². The van der Waals surface area contributed by atoms with Crippen molar-refractivity contribution in [3.05, 3.63) is 47.6 Å². The van der Waals surface area contributed by atoms with Gasteiger partial charge in [0.2, 0.25) is 6.41 Å². The standard InChI is InChI=1S/C19H24N2O5.C6H11NO/c1-2-26-21-15-8-5-7-14(20)6-3-4-9-25-19(24)18-13(10-15)11-16(22)12-17(18)23;8-6-7-4-2-1-3-5-7/h3,5-6,8,11-12,14,22-23H,2,4,7,9-10,20H2,1H3;6H,1-5H2/b6-3+,8-5+,21-15-;. The minimum atomic E-state index is -0.660. The van der Waals surface area contributed by atoms with Crippen molar-refractivity contribution in [2.75, 3.05) is 26.3 Å². The first-order chi connectivity index (χ1) is 16.4. The van der Waals surface area contributed by atoms with Crippen LogP contribution in [0.3, 0.4) is 0 Å². The molecule has 9 heteroatoms. The number of hydrogen-bond donors (Lipinski definition) is 3. The molecule has 1 saturated heterocycles. The number of nitrogens with two attached hydrogens (primary N) is 1. The van der Waals surface area contributed by atoms with Crippen molar-refractivity contribution in [2.45, 2.75) is 51.5 Å². The zero-order valence-corrected chi connectivity index (χ0v) is 19.7. The molecule has 0 bridgehead atoms. The Hall–Kier alpha value is -3.33. The highest BCUT2D eigenvalue weighted by Crippen LogP contribution is 2.29. The zero-order valence-electron chi connectivity index (χ0n) is 19.7. The topological polar surface area (TPSA) is 135 Å². The number of cyclic esters (lactones) is 1. The maximum absolute atomic E-state index is 12.4. The van der Waals surface area contributed by atoms with Crippen LogP contribution in [-0.2, 0) is 20.8 Å². The van der Waals surface area contributed by atoms with Gasteiger partial charge in [-0.2, -0.15) is 0 Å². The minimum absolute atomic E-state index is 0.0122. The Balaban J connectivity index is 0.000000430. The van der Waals surface area contributed by atoms with Crippen molar-refractivity contribution < 1.29 is 29.4 Å². The van der Waals surface area contributed by atoms with Gasteiger partial charge in [0.1, 0.15) is 23.7 Å². The molecule has 0 aromatic heterocycles. The van der Waals surface area contributed by atoms with Crippen molar-refractivity contribution in [1.29, 1.82) is 0 Å². The number of likely N-dealkylation sites (tertiary alicyclic amines) is 1. The van der Waals surface area contributed by atoms with E-state index in [4.69, 9.17) is 15.3 Å². The lowest BCUT2D eigenvalue weighted by Gasteiger charge is -2.21. The van der Waals surface area contributed by atoms with Crippen LogP contribution in [0.15, 0.2) is 41.6 Å². The number of benzene rings is 1. The Labute approximate surface area is 200 Å². The summed E-state index contributed by atoms with van der Waals surface area (Å²) in [6.45, 7) is 4.31. The van der Waals surface area contributed by atoms with E-state index in [0.717, 1.165) is 25.6 Å². The second-order valence-corrected chi connectivity index (χ2v) is 8.03. The maximum atomic E-state index is 12.4. The predicted molar refractivity (Wildman–Crippen MR) is 130 cm³/mol. The van der Waals surface area contributed by atoms with Gasteiger partial charge in [-0.1, -0.05) is 23.4 Å². The molecule has 1 atom stereocenters. The van der Waals surface area contributed by atoms with Gasteiger partial charge < -0.3 is 30.4 Å². The third-order valence-corrected chi connectivity index (χ3v) is 5.23. The summed E-state index contributed by atoms with van der Waals surface area (Å²) < 4.78 is 5.22. The number of carbonyl (C=O) groups is 2. The number of rotatable bonds is 3. The summed E-state index contributed by atoms with van der Waals surface area (Å²) in [4.78, 5) is 29.4. The Morgan fingerprint density at radius 3 is 2.68 bits per heavy atom. The van der Waals surface area contributed by atoms with Crippen LogP contribution in [-0.4, -0.2) is 65.5 Å². The number of allylic oxidation sites excluding steroid dienone is 1. The van der Waals surface area contributed by atoms with Gasteiger partial charge in [-0.15, -0.1) is 0 Å².